The molecule has 3 aliphatic rings. The van der Waals surface area contributed by atoms with Crippen molar-refractivity contribution in [2.45, 2.75) is 37.4 Å². The van der Waals surface area contributed by atoms with Crippen molar-refractivity contribution in [2.75, 3.05) is 32.7 Å². The molecule has 3 aliphatic heterocycles. The summed E-state index contributed by atoms with van der Waals surface area (Å²) < 4.78 is 31.9. The molecule has 0 saturated carbocycles. The van der Waals surface area contributed by atoms with Crippen LogP contribution < -0.4 is 0 Å². The third kappa shape index (κ3) is 4.61. The van der Waals surface area contributed by atoms with E-state index in [1.165, 1.54) is 12.1 Å². The molecule has 0 radical (unpaired) electrons. The quantitative estimate of drug-likeness (QED) is 0.521. The van der Waals surface area contributed by atoms with E-state index in [1.54, 1.807) is 23.2 Å². The number of hydrogen-bond donors (Lipinski definition) is 0. The van der Waals surface area contributed by atoms with Crippen LogP contribution in [0.5, 0.6) is 0 Å². The molecule has 9 heteroatoms. The molecule has 1 aromatic carbocycles. The molecule has 2 fully saturated rings. The lowest BCUT2D eigenvalue weighted by Crippen LogP contribution is -2.54. The Balaban J connectivity index is 1.15. The van der Waals surface area contributed by atoms with Gasteiger partial charge in [-0.1, -0.05) is 6.07 Å². The minimum absolute atomic E-state index is 0.0442. The first kappa shape index (κ1) is 23.7. The number of aromatic nitrogens is 3. The molecule has 190 valence electrons. The van der Waals surface area contributed by atoms with Gasteiger partial charge in [0.15, 0.2) is 11.5 Å². The van der Waals surface area contributed by atoms with Crippen LogP contribution in [0.2, 0.25) is 0 Å². The Bertz CT molecular complexity index is 1410. The van der Waals surface area contributed by atoms with Gasteiger partial charge in [-0.2, -0.15) is 0 Å². The van der Waals surface area contributed by atoms with Crippen LogP contribution in [0.4, 0.5) is 8.78 Å². The fourth-order valence-electron chi connectivity index (χ4n) is 5.62. The molecule has 0 aliphatic carbocycles. The molecule has 7 nitrogen and oxygen atoms in total. The van der Waals surface area contributed by atoms with Gasteiger partial charge in [-0.3, -0.25) is 14.7 Å². The highest BCUT2D eigenvalue weighted by atomic mass is 19.1. The number of aliphatic imine (C=N–C) groups is 1. The number of carbonyl (C=O) groups excluding carboxylic acids is 1. The summed E-state index contributed by atoms with van der Waals surface area (Å²) in [5.41, 5.74) is 1.20. The maximum absolute atomic E-state index is 15.8. The van der Waals surface area contributed by atoms with Gasteiger partial charge >= 0.3 is 0 Å². The second kappa shape index (κ2) is 9.65. The summed E-state index contributed by atoms with van der Waals surface area (Å²) in [6, 6.07) is 10.3. The molecule has 0 bridgehead atoms. The fraction of sp³-hybridized carbons (Fsp3) is 0.393. The first-order valence-corrected chi connectivity index (χ1v) is 12.8. The summed E-state index contributed by atoms with van der Waals surface area (Å²) in [5, 5.41) is 0. The van der Waals surface area contributed by atoms with E-state index in [0.29, 0.717) is 62.6 Å². The maximum Gasteiger partial charge on any atom is 0.260 e. The van der Waals surface area contributed by atoms with E-state index in [1.807, 2.05) is 24.3 Å². The van der Waals surface area contributed by atoms with Crippen molar-refractivity contribution in [1.29, 1.82) is 0 Å². The standard InChI is InChI=1S/C28H28F2N6O/c29-20-6-7-25-24(18-20)33-26(23-5-1-2-12-32-23)36(25)22-8-14-35(15-9-22)27(37)28(30)10-16-34(17-11-28)19-21-4-3-13-31-21/h1-7,12,18,22H,8-11,14-17,19H2. The summed E-state index contributed by atoms with van der Waals surface area (Å²) >= 11 is 0. The van der Waals surface area contributed by atoms with Crippen LogP contribution in [0.25, 0.3) is 22.6 Å². The van der Waals surface area contributed by atoms with Crippen LogP contribution in [-0.4, -0.2) is 74.5 Å². The number of nitrogens with zero attached hydrogens (tertiary/aromatic N) is 6. The van der Waals surface area contributed by atoms with Crippen molar-refractivity contribution < 1.29 is 13.6 Å². The van der Waals surface area contributed by atoms with Gasteiger partial charge in [-0.05, 0) is 49.1 Å². The summed E-state index contributed by atoms with van der Waals surface area (Å²) in [5.74, 6) is 2.74. The zero-order valence-electron chi connectivity index (χ0n) is 20.5. The van der Waals surface area contributed by atoms with Gasteiger partial charge in [-0.15, -0.1) is 0 Å². The number of halogens is 2. The van der Waals surface area contributed by atoms with Gasteiger partial charge in [0.1, 0.15) is 11.5 Å². The molecule has 5 heterocycles. The Labute approximate surface area is 213 Å². The number of imidazole rings is 1. The topological polar surface area (TPSA) is 66.6 Å². The maximum atomic E-state index is 15.8. The number of hydrogen-bond acceptors (Lipinski definition) is 5. The molecule has 37 heavy (non-hydrogen) atoms. The molecule has 3 aromatic rings. The summed E-state index contributed by atoms with van der Waals surface area (Å²) in [4.78, 5) is 30.4. The van der Waals surface area contributed by atoms with Crippen LogP contribution in [0.3, 0.4) is 0 Å². The van der Waals surface area contributed by atoms with Crippen LogP contribution in [0, 0.1) is 5.82 Å². The minimum Gasteiger partial charge on any atom is -0.340 e. The molecule has 6 rings (SSSR count). The van der Waals surface area contributed by atoms with Crippen molar-refractivity contribution in [3.05, 3.63) is 66.3 Å². The summed E-state index contributed by atoms with van der Waals surface area (Å²) in [7, 11) is 0. The lowest BCUT2D eigenvalue weighted by molar-refractivity contribution is -0.148. The number of likely N-dealkylation sites (tertiary alicyclic amines) is 2. The Hall–Kier alpha value is -3.68. The molecule has 0 N–H and O–H groups in total. The van der Waals surface area contributed by atoms with Crippen LogP contribution in [0.1, 0.15) is 31.7 Å². The Kier molecular flexibility index (Phi) is 6.18. The summed E-state index contributed by atoms with van der Waals surface area (Å²) in [6.45, 7) is 2.64. The first-order valence-electron chi connectivity index (χ1n) is 12.8. The van der Waals surface area contributed by atoms with Crippen LogP contribution in [-0.2, 0) is 4.79 Å². The highest BCUT2D eigenvalue weighted by Crippen LogP contribution is 2.35. The average molecular weight is 503 g/mol. The number of benzene rings is 1. The van der Waals surface area contributed by atoms with Gasteiger partial charge in [-0.25, -0.2) is 18.8 Å². The number of rotatable bonds is 5. The number of carbonyl (C=O) groups is 1. The molecule has 0 spiro atoms. The van der Waals surface area contributed by atoms with Gasteiger partial charge in [0.2, 0.25) is 0 Å². The van der Waals surface area contributed by atoms with E-state index in [2.05, 4.69) is 25.3 Å². The number of alkyl halides is 1. The van der Waals surface area contributed by atoms with E-state index in [9.17, 15) is 9.18 Å². The Morgan fingerprint density at radius 2 is 1.92 bits per heavy atom. The Morgan fingerprint density at radius 3 is 2.62 bits per heavy atom. The molecular weight excluding hydrogens is 474 g/mol. The van der Waals surface area contributed by atoms with Crippen LogP contribution in [0.15, 0.2) is 65.4 Å². The van der Waals surface area contributed by atoms with E-state index in [4.69, 9.17) is 4.98 Å². The number of piperidine rings is 2. The molecule has 2 saturated heterocycles. The normalized spacial score (nSPS) is 20.1. The lowest BCUT2D eigenvalue weighted by Gasteiger charge is -2.40. The smallest absolute Gasteiger partial charge is 0.260 e. The van der Waals surface area contributed by atoms with Crippen molar-refractivity contribution in [3.63, 3.8) is 0 Å². The predicted octanol–water partition coefficient (Wildman–Crippen LogP) is 4.33. The van der Waals surface area contributed by atoms with Gasteiger partial charge < -0.3 is 9.47 Å². The number of fused-ring (bicyclic) bond motifs is 1. The highest BCUT2D eigenvalue weighted by molar-refractivity contribution is 5.85. The molecular formula is C28H28F2N6O. The first-order chi connectivity index (χ1) is 18.0. The van der Waals surface area contributed by atoms with Gasteiger partial charge in [0.05, 0.1) is 16.7 Å². The largest absolute Gasteiger partial charge is 0.340 e. The van der Waals surface area contributed by atoms with Gasteiger partial charge in [0.25, 0.3) is 5.91 Å². The molecule has 2 aromatic heterocycles. The zero-order chi connectivity index (χ0) is 25.4. The van der Waals surface area contributed by atoms with Crippen molar-refractivity contribution >= 4 is 22.8 Å². The zero-order valence-corrected chi connectivity index (χ0v) is 20.5. The van der Waals surface area contributed by atoms with Gasteiger partial charge in [0, 0.05) is 69.9 Å². The number of amides is 1. The van der Waals surface area contributed by atoms with Crippen molar-refractivity contribution in [1.82, 2.24) is 24.3 Å². The van der Waals surface area contributed by atoms with Crippen molar-refractivity contribution in [3.8, 4) is 11.5 Å². The second-order valence-electron chi connectivity index (χ2n) is 9.98. The van der Waals surface area contributed by atoms with E-state index < -0.39 is 11.6 Å². The predicted molar refractivity (Wildman–Crippen MR) is 137 cm³/mol. The van der Waals surface area contributed by atoms with E-state index in [-0.39, 0.29) is 24.7 Å². The summed E-state index contributed by atoms with van der Waals surface area (Å²) in [6.07, 6.45) is 7.10. The van der Waals surface area contributed by atoms with Crippen LogP contribution >= 0.6 is 0 Å². The fourth-order valence-corrected chi connectivity index (χ4v) is 5.62. The molecule has 0 atom stereocenters. The number of pyridine rings is 1. The second-order valence-corrected chi connectivity index (χ2v) is 9.98. The molecule has 0 unspecified atom stereocenters. The third-order valence-corrected chi connectivity index (χ3v) is 7.64. The highest BCUT2D eigenvalue weighted by Gasteiger charge is 2.45. The minimum atomic E-state index is -1.83. The lowest BCUT2D eigenvalue weighted by atomic mass is 9.90. The van der Waals surface area contributed by atoms with E-state index in [0.717, 1.165) is 11.2 Å². The molecule has 1 amide bonds. The van der Waals surface area contributed by atoms with Crippen molar-refractivity contribution in [2.24, 2.45) is 4.99 Å². The SMILES string of the molecule is O=C(N1CCC(n2c(-c3ccccn3)nc3cc(F)ccc32)CC1)C1(F)CCN(CC2=CC=C=N2)CC1. The Morgan fingerprint density at radius 1 is 1.11 bits per heavy atom. The monoisotopic (exact) mass is 502 g/mol. The van der Waals surface area contributed by atoms with E-state index >= 15 is 4.39 Å². The third-order valence-electron chi connectivity index (χ3n) is 7.64. The number of allylic oxidation sites excluding steroid dienone is 2. The average Bonchev–Trinajstić information content (AvgIpc) is 3.58.